The molecule has 1 saturated heterocycles. The molecule has 2 rings (SSSR count). The molecular formula is C16H24N2O2. The van der Waals surface area contributed by atoms with Crippen molar-refractivity contribution in [1.82, 2.24) is 10.2 Å². The van der Waals surface area contributed by atoms with Crippen molar-refractivity contribution in [2.75, 3.05) is 33.8 Å². The molecule has 0 saturated carbocycles. The number of piperidine rings is 1. The number of nitrogens with zero attached hydrogens (tertiary/aromatic N) is 1. The second kappa shape index (κ2) is 7.41. The Labute approximate surface area is 121 Å². The maximum absolute atomic E-state index is 12.5. The lowest BCUT2D eigenvalue weighted by molar-refractivity contribution is -0.141. The number of benzene rings is 1. The van der Waals surface area contributed by atoms with Crippen molar-refractivity contribution in [3.05, 3.63) is 35.9 Å². The summed E-state index contributed by atoms with van der Waals surface area (Å²) in [7, 11) is 3.46. The van der Waals surface area contributed by atoms with Crippen LogP contribution in [0.25, 0.3) is 0 Å². The fraction of sp³-hybridized carbons (Fsp3) is 0.562. The van der Waals surface area contributed by atoms with Gasteiger partial charge in [-0.05, 0) is 37.4 Å². The first-order valence-corrected chi connectivity index (χ1v) is 7.26. The minimum Gasteiger partial charge on any atom is -0.367 e. The maximum Gasteiger partial charge on any atom is 0.256 e. The SMILES string of the molecule is COC(C(=O)N(C)CC1CCCNC1)c1ccccc1. The summed E-state index contributed by atoms with van der Waals surface area (Å²) in [5, 5.41) is 3.38. The average molecular weight is 276 g/mol. The van der Waals surface area contributed by atoms with Crippen LogP contribution in [0.15, 0.2) is 30.3 Å². The highest BCUT2D eigenvalue weighted by molar-refractivity contribution is 5.82. The number of rotatable bonds is 5. The molecule has 4 heteroatoms. The van der Waals surface area contributed by atoms with Gasteiger partial charge in [-0.25, -0.2) is 0 Å². The molecule has 0 bridgehead atoms. The lowest BCUT2D eigenvalue weighted by Gasteiger charge is -2.29. The standard InChI is InChI=1S/C16H24N2O2/c1-18(12-13-7-6-10-17-11-13)16(19)15(20-2)14-8-4-3-5-9-14/h3-5,8-9,13,15,17H,6-7,10-12H2,1-2H3. The minimum absolute atomic E-state index is 0.0317. The van der Waals surface area contributed by atoms with Crippen LogP contribution in [0.5, 0.6) is 0 Å². The predicted octanol–water partition coefficient (Wildman–Crippen LogP) is 1.83. The number of amides is 1. The number of ether oxygens (including phenoxy) is 1. The third-order valence-electron chi connectivity index (χ3n) is 3.87. The summed E-state index contributed by atoms with van der Waals surface area (Å²) in [5.74, 6) is 0.579. The second-order valence-corrected chi connectivity index (χ2v) is 5.46. The molecule has 110 valence electrons. The number of methoxy groups -OCH3 is 1. The first-order valence-electron chi connectivity index (χ1n) is 7.26. The van der Waals surface area contributed by atoms with E-state index in [0.29, 0.717) is 5.92 Å². The van der Waals surface area contributed by atoms with E-state index in [0.717, 1.165) is 25.2 Å². The van der Waals surface area contributed by atoms with Gasteiger partial charge in [-0.3, -0.25) is 4.79 Å². The average Bonchev–Trinajstić information content (AvgIpc) is 2.50. The predicted molar refractivity (Wildman–Crippen MR) is 79.4 cm³/mol. The zero-order valence-electron chi connectivity index (χ0n) is 12.3. The van der Waals surface area contributed by atoms with Crippen LogP contribution in [-0.2, 0) is 9.53 Å². The summed E-state index contributed by atoms with van der Waals surface area (Å²) in [6, 6.07) is 9.67. The van der Waals surface area contributed by atoms with E-state index in [2.05, 4.69) is 5.32 Å². The van der Waals surface area contributed by atoms with Crippen molar-refractivity contribution in [2.24, 2.45) is 5.92 Å². The van der Waals surface area contributed by atoms with Gasteiger partial charge in [-0.15, -0.1) is 0 Å². The van der Waals surface area contributed by atoms with E-state index in [9.17, 15) is 4.79 Å². The number of likely N-dealkylation sites (N-methyl/N-ethyl adjacent to an activating group) is 1. The second-order valence-electron chi connectivity index (χ2n) is 5.46. The van der Waals surface area contributed by atoms with E-state index in [1.54, 1.807) is 12.0 Å². The van der Waals surface area contributed by atoms with Gasteiger partial charge < -0.3 is 15.0 Å². The van der Waals surface area contributed by atoms with Gasteiger partial charge in [0.25, 0.3) is 5.91 Å². The summed E-state index contributed by atoms with van der Waals surface area (Å²) < 4.78 is 5.40. The lowest BCUT2D eigenvalue weighted by Crippen LogP contribution is -2.41. The highest BCUT2D eigenvalue weighted by Gasteiger charge is 2.25. The van der Waals surface area contributed by atoms with Crippen molar-refractivity contribution in [1.29, 1.82) is 0 Å². The fourth-order valence-corrected chi connectivity index (χ4v) is 2.76. The van der Waals surface area contributed by atoms with Crippen LogP contribution in [0.3, 0.4) is 0 Å². The lowest BCUT2D eigenvalue weighted by atomic mass is 9.99. The molecule has 1 amide bonds. The summed E-state index contributed by atoms with van der Waals surface area (Å²) in [4.78, 5) is 14.3. The van der Waals surface area contributed by atoms with Gasteiger partial charge in [0.1, 0.15) is 0 Å². The Morgan fingerprint density at radius 2 is 2.20 bits per heavy atom. The van der Waals surface area contributed by atoms with Crippen LogP contribution in [0.1, 0.15) is 24.5 Å². The van der Waals surface area contributed by atoms with Crippen molar-refractivity contribution >= 4 is 5.91 Å². The van der Waals surface area contributed by atoms with Crippen molar-refractivity contribution in [3.63, 3.8) is 0 Å². The molecule has 2 atom stereocenters. The molecule has 1 aliphatic heterocycles. The summed E-state index contributed by atoms with van der Waals surface area (Å²) in [6.07, 6.45) is 1.88. The molecule has 0 radical (unpaired) electrons. The minimum atomic E-state index is -0.502. The van der Waals surface area contributed by atoms with E-state index in [1.807, 2.05) is 37.4 Å². The third-order valence-corrected chi connectivity index (χ3v) is 3.87. The fourth-order valence-electron chi connectivity index (χ4n) is 2.76. The quantitative estimate of drug-likeness (QED) is 0.892. The molecule has 1 aliphatic rings. The summed E-state index contributed by atoms with van der Waals surface area (Å²) >= 11 is 0. The van der Waals surface area contributed by atoms with Gasteiger partial charge in [-0.2, -0.15) is 0 Å². The van der Waals surface area contributed by atoms with Gasteiger partial charge >= 0.3 is 0 Å². The largest absolute Gasteiger partial charge is 0.367 e. The molecule has 1 aromatic carbocycles. The molecule has 0 aliphatic carbocycles. The topological polar surface area (TPSA) is 41.6 Å². The van der Waals surface area contributed by atoms with E-state index in [4.69, 9.17) is 4.74 Å². The Balaban J connectivity index is 1.97. The molecule has 2 unspecified atom stereocenters. The first-order chi connectivity index (χ1) is 9.72. The molecule has 1 N–H and O–H groups in total. The van der Waals surface area contributed by atoms with Gasteiger partial charge in [-0.1, -0.05) is 30.3 Å². The van der Waals surface area contributed by atoms with E-state index < -0.39 is 6.10 Å². The Kier molecular flexibility index (Phi) is 5.56. The van der Waals surface area contributed by atoms with Crippen molar-refractivity contribution < 1.29 is 9.53 Å². The normalized spacial score (nSPS) is 20.4. The van der Waals surface area contributed by atoms with Crippen LogP contribution in [-0.4, -0.2) is 44.6 Å². The first kappa shape index (κ1) is 15.0. The van der Waals surface area contributed by atoms with Gasteiger partial charge in [0.15, 0.2) is 6.10 Å². The Morgan fingerprint density at radius 1 is 1.45 bits per heavy atom. The smallest absolute Gasteiger partial charge is 0.256 e. The highest BCUT2D eigenvalue weighted by atomic mass is 16.5. The summed E-state index contributed by atoms with van der Waals surface area (Å²) in [5.41, 5.74) is 0.911. The molecule has 0 spiro atoms. The molecule has 0 aromatic heterocycles. The third kappa shape index (κ3) is 3.81. The van der Waals surface area contributed by atoms with E-state index in [1.165, 1.54) is 12.8 Å². The zero-order valence-corrected chi connectivity index (χ0v) is 12.3. The Hall–Kier alpha value is -1.39. The van der Waals surface area contributed by atoms with Gasteiger partial charge in [0.2, 0.25) is 0 Å². The van der Waals surface area contributed by atoms with Crippen LogP contribution >= 0.6 is 0 Å². The number of carbonyl (C=O) groups is 1. The molecular weight excluding hydrogens is 252 g/mol. The number of nitrogens with one attached hydrogen (secondary N) is 1. The van der Waals surface area contributed by atoms with E-state index in [-0.39, 0.29) is 5.91 Å². The van der Waals surface area contributed by atoms with Crippen LogP contribution in [0.4, 0.5) is 0 Å². The molecule has 1 aromatic rings. The van der Waals surface area contributed by atoms with Crippen molar-refractivity contribution in [2.45, 2.75) is 18.9 Å². The number of hydrogen-bond donors (Lipinski definition) is 1. The molecule has 4 nitrogen and oxygen atoms in total. The monoisotopic (exact) mass is 276 g/mol. The highest BCUT2D eigenvalue weighted by Crippen LogP contribution is 2.20. The number of hydrogen-bond acceptors (Lipinski definition) is 3. The zero-order chi connectivity index (χ0) is 14.4. The van der Waals surface area contributed by atoms with Crippen LogP contribution < -0.4 is 5.32 Å². The van der Waals surface area contributed by atoms with Crippen LogP contribution in [0.2, 0.25) is 0 Å². The Bertz CT molecular complexity index is 416. The maximum atomic E-state index is 12.5. The van der Waals surface area contributed by atoms with Gasteiger partial charge in [0, 0.05) is 20.7 Å². The van der Waals surface area contributed by atoms with Crippen molar-refractivity contribution in [3.8, 4) is 0 Å². The molecule has 1 fully saturated rings. The summed E-state index contributed by atoms with van der Waals surface area (Å²) in [6.45, 7) is 2.89. The van der Waals surface area contributed by atoms with Crippen LogP contribution in [0, 0.1) is 5.92 Å². The molecule has 20 heavy (non-hydrogen) atoms. The number of carbonyl (C=O) groups excluding carboxylic acids is 1. The van der Waals surface area contributed by atoms with E-state index >= 15 is 0 Å². The molecule has 1 heterocycles. The van der Waals surface area contributed by atoms with Gasteiger partial charge in [0.05, 0.1) is 0 Å². The Morgan fingerprint density at radius 3 is 2.80 bits per heavy atom.